The number of rotatable bonds is 7. The highest BCUT2D eigenvalue weighted by Crippen LogP contribution is 2.35. The van der Waals surface area contributed by atoms with Crippen LogP contribution < -0.4 is 15.8 Å². The highest BCUT2D eigenvalue weighted by Gasteiger charge is 2.27. The van der Waals surface area contributed by atoms with Gasteiger partial charge in [0.25, 0.3) is 5.91 Å². The molecule has 9 nitrogen and oxygen atoms in total. The molecule has 0 bridgehead atoms. The van der Waals surface area contributed by atoms with Gasteiger partial charge in [-0.05, 0) is 37.3 Å². The maximum absolute atomic E-state index is 12.3. The highest BCUT2D eigenvalue weighted by molar-refractivity contribution is 6.30. The first-order valence-electron chi connectivity index (χ1n) is 8.65. The number of hydrazine groups is 1. The Bertz CT molecular complexity index is 1030. The van der Waals surface area contributed by atoms with E-state index in [0.29, 0.717) is 17.1 Å². The van der Waals surface area contributed by atoms with Crippen molar-refractivity contribution >= 4 is 40.5 Å². The second-order valence-electron chi connectivity index (χ2n) is 5.82. The Morgan fingerprint density at radius 2 is 1.93 bits per heavy atom. The summed E-state index contributed by atoms with van der Waals surface area (Å²) in [4.78, 5) is 33.2. The molecule has 2 aromatic carbocycles. The highest BCUT2D eigenvalue weighted by atomic mass is 35.5. The number of para-hydroxylation sites is 1. The lowest BCUT2D eigenvalue weighted by Gasteiger charge is -2.22. The van der Waals surface area contributed by atoms with E-state index in [4.69, 9.17) is 11.6 Å². The average Bonchev–Trinajstić information content (AvgIpc) is 2.73. The SMILES string of the molecule is CCN(c1ccccc1)c1ncnc(NNC(=O)c2cccc(Cl)c2)c1[N+](=O)[O-]. The lowest BCUT2D eigenvalue weighted by atomic mass is 10.2. The van der Waals surface area contributed by atoms with Crippen LogP contribution in [0.5, 0.6) is 0 Å². The van der Waals surface area contributed by atoms with Crippen molar-refractivity contribution < 1.29 is 9.72 Å². The molecule has 1 amide bonds. The molecule has 0 aliphatic rings. The topological polar surface area (TPSA) is 113 Å². The van der Waals surface area contributed by atoms with E-state index in [2.05, 4.69) is 20.8 Å². The molecule has 3 aromatic rings. The second kappa shape index (κ2) is 8.98. The average molecular weight is 413 g/mol. The first kappa shape index (κ1) is 20.0. The van der Waals surface area contributed by atoms with E-state index in [1.165, 1.54) is 12.4 Å². The third-order valence-electron chi connectivity index (χ3n) is 4.01. The Balaban J connectivity index is 1.91. The number of carbonyl (C=O) groups is 1. The summed E-state index contributed by atoms with van der Waals surface area (Å²) in [5.41, 5.74) is 5.60. The first-order chi connectivity index (χ1) is 14.0. The molecule has 29 heavy (non-hydrogen) atoms. The van der Waals surface area contributed by atoms with Gasteiger partial charge in [-0.1, -0.05) is 35.9 Å². The van der Waals surface area contributed by atoms with Crippen molar-refractivity contribution in [3.05, 3.63) is 81.6 Å². The number of hydrogen-bond acceptors (Lipinski definition) is 7. The summed E-state index contributed by atoms with van der Waals surface area (Å²) in [5.74, 6) is -0.541. The summed E-state index contributed by atoms with van der Waals surface area (Å²) in [7, 11) is 0. The van der Waals surface area contributed by atoms with Crippen molar-refractivity contribution in [2.75, 3.05) is 16.9 Å². The molecular formula is C19H17ClN6O3. The van der Waals surface area contributed by atoms with Gasteiger partial charge in [0.1, 0.15) is 6.33 Å². The van der Waals surface area contributed by atoms with Gasteiger partial charge in [-0.3, -0.25) is 25.8 Å². The first-order valence-corrected chi connectivity index (χ1v) is 9.03. The number of nitrogens with one attached hydrogen (secondary N) is 2. The summed E-state index contributed by atoms with van der Waals surface area (Å²) in [6, 6.07) is 15.5. The standard InChI is InChI=1S/C19H17ClN6O3/c1-2-25(15-9-4-3-5-10-15)18-16(26(28)29)17(21-12-22-18)23-24-19(27)13-7-6-8-14(20)11-13/h3-12H,2H2,1H3,(H,24,27)(H,21,22,23). The van der Waals surface area contributed by atoms with Gasteiger partial charge >= 0.3 is 5.69 Å². The predicted octanol–water partition coefficient (Wildman–Crippen LogP) is 3.95. The zero-order valence-corrected chi connectivity index (χ0v) is 16.1. The number of benzene rings is 2. The Kier molecular flexibility index (Phi) is 6.20. The molecule has 3 rings (SSSR count). The van der Waals surface area contributed by atoms with Crippen LogP contribution in [0.15, 0.2) is 60.9 Å². The van der Waals surface area contributed by atoms with E-state index in [-0.39, 0.29) is 17.3 Å². The molecule has 0 unspecified atom stereocenters. The molecule has 0 radical (unpaired) electrons. The Morgan fingerprint density at radius 1 is 1.17 bits per heavy atom. The number of anilines is 3. The largest absolute Gasteiger partial charge is 0.355 e. The van der Waals surface area contributed by atoms with Crippen LogP contribution in [0.25, 0.3) is 0 Å². The number of carbonyl (C=O) groups excluding carboxylic acids is 1. The van der Waals surface area contributed by atoms with E-state index >= 15 is 0 Å². The van der Waals surface area contributed by atoms with E-state index in [1.807, 2.05) is 37.3 Å². The van der Waals surface area contributed by atoms with E-state index in [9.17, 15) is 14.9 Å². The molecule has 0 spiro atoms. The third kappa shape index (κ3) is 4.58. The third-order valence-corrected chi connectivity index (χ3v) is 4.24. The Morgan fingerprint density at radius 3 is 2.59 bits per heavy atom. The van der Waals surface area contributed by atoms with Crippen molar-refractivity contribution in [1.29, 1.82) is 0 Å². The number of aromatic nitrogens is 2. The molecule has 10 heteroatoms. The van der Waals surface area contributed by atoms with Crippen LogP contribution in [0.3, 0.4) is 0 Å². The molecule has 0 atom stereocenters. The molecule has 1 heterocycles. The normalized spacial score (nSPS) is 10.3. The fraction of sp³-hybridized carbons (Fsp3) is 0.105. The number of nitrogens with zero attached hydrogens (tertiary/aromatic N) is 4. The Labute approximate surface area is 171 Å². The van der Waals surface area contributed by atoms with Gasteiger partial charge in [0.05, 0.1) is 4.92 Å². The molecule has 1 aromatic heterocycles. The zero-order valence-electron chi connectivity index (χ0n) is 15.4. The van der Waals surface area contributed by atoms with E-state index in [0.717, 1.165) is 5.69 Å². The fourth-order valence-electron chi connectivity index (χ4n) is 2.71. The molecule has 0 fully saturated rings. The lowest BCUT2D eigenvalue weighted by Crippen LogP contribution is -2.30. The van der Waals surface area contributed by atoms with Crippen LogP contribution in [0, 0.1) is 10.1 Å². The van der Waals surface area contributed by atoms with Crippen molar-refractivity contribution in [1.82, 2.24) is 15.4 Å². The number of amides is 1. The van der Waals surface area contributed by atoms with Gasteiger partial charge in [-0.25, -0.2) is 9.97 Å². The van der Waals surface area contributed by atoms with Crippen molar-refractivity contribution in [3.63, 3.8) is 0 Å². The molecular weight excluding hydrogens is 396 g/mol. The minimum atomic E-state index is -0.588. The molecule has 0 saturated heterocycles. The molecule has 0 aliphatic carbocycles. The van der Waals surface area contributed by atoms with Crippen LogP contribution in [0.4, 0.5) is 23.0 Å². The second-order valence-corrected chi connectivity index (χ2v) is 6.26. The maximum atomic E-state index is 12.3. The lowest BCUT2D eigenvalue weighted by molar-refractivity contribution is -0.383. The summed E-state index contributed by atoms with van der Waals surface area (Å²) >= 11 is 5.89. The zero-order chi connectivity index (χ0) is 20.8. The van der Waals surface area contributed by atoms with E-state index in [1.54, 1.807) is 23.1 Å². The minimum Gasteiger partial charge on any atom is -0.321 e. The number of nitro groups is 1. The summed E-state index contributed by atoms with van der Waals surface area (Å²) in [6.07, 6.45) is 1.20. The maximum Gasteiger partial charge on any atom is 0.355 e. The van der Waals surface area contributed by atoms with Crippen LogP contribution >= 0.6 is 11.6 Å². The molecule has 148 valence electrons. The summed E-state index contributed by atoms with van der Waals surface area (Å²) in [5, 5.41) is 12.2. The predicted molar refractivity (Wildman–Crippen MR) is 110 cm³/mol. The van der Waals surface area contributed by atoms with Crippen LogP contribution in [0.2, 0.25) is 5.02 Å². The van der Waals surface area contributed by atoms with Gasteiger partial charge in [-0.2, -0.15) is 0 Å². The molecule has 2 N–H and O–H groups in total. The van der Waals surface area contributed by atoms with E-state index < -0.39 is 10.8 Å². The minimum absolute atomic E-state index is 0.109. The van der Waals surface area contributed by atoms with Crippen LogP contribution in [0.1, 0.15) is 17.3 Å². The van der Waals surface area contributed by atoms with Gasteiger partial charge in [0, 0.05) is 22.8 Å². The fourth-order valence-corrected chi connectivity index (χ4v) is 2.90. The van der Waals surface area contributed by atoms with Crippen LogP contribution in [-0.4, -0.2) is 27.3 Å². The number of hydrogen-bond donors (Lipinski definition) is 2. The van der Waals surface area contributed by atoms with Gasteiger partial charge in [0.15, 0.2) is 0 Å². The smallest absolute Gasteiger partial charge is 0.321 e. The van der Waals surface area contributed by atoms with Crippen molar-refractivity contribution in [2.45, 2.75) is 6.92 Å². The van der Waals surface area contributed by atoms with Gasteiger partial charge in [-0.15, -0.1) is 0 Å². The summed E-state index contributed by atoms with van der Waals surface area (Å²) < 4.78 is 0. The van der Waals surface area contributed by atoms with Gasteiger partial charge in [0.2, 0.25) is 11.6 Å². The molecule has 0 saturated carbocycles. The number of halogens is 1. The molecule has 0 aliphatic heterocycles. The van der Waals surface area contributed by atoms with Crippen molar-refractivity contribution in [3.8, 4) is 0 Å². The Hall–Kier alpha value is -3.72. The van der Waals surface area contributed by atoms with Crippen molar-refractivity contribution in [2.24, 2.45) is 0 Å². The monoisotopic (exact) mass is 412 g/mol. The van der Waals surface area contributed by atoms with Crippen LogP contribution in [-0.2, 0) is 0 Å². The quantitative estimate of drug-likeness (QED) is 0.446. The summed E-state index contributed by atoms with van der Waals surface area (Å²) in [6.45, 7) is 2.29. The van der Waals surface area contributed by atoms with Gasteiger partial charge < -0.3 is 4.90 Å².